The van der Waals surface area contributed by atoms with Crippen molar-refractivity contribution in [2.75, 3.05) is 5.32 Å². The van der Waals surface area contributed by atoms with Crippen LogP contribution >= 0.6 is 0 Å². The summed E-state index contributed by atoms with van der Waals surface area (Å²) in [5, 5.41) is 14.8. The highest BCUT2D eigenvalue weighted by atomic mass is 19.3. The third kappa shape index (κ3) is 4.03. The Morgan fingerprint density at radius 1 is 1.21 bits per heavy atom. The molecular formula is C24H26F2N6O. The van der Waals surface area contributed by atoms with Crippen molar-refractivity contribution in [3.05, 3.63) is 59.5 Å². The topological polar surface area (TPSA) is 87.1 Å². The summed E-state index contributed by atoms with van der Waals surface area (Å²) in [5.41, 5.74) is 2.26. The number of alkyl halides is 2. The monoisotopic (exact) mass is 452 g/mol. The molecule has 1 amide bonds. The number of imidazole rings is 1. The number of carbonyl (C=O) groups is 1. The number of pyridine rings is 1. The molecule has 5 rings (SSSR count). The summed E-state index contributed by atoms with van der Waals surface area (Å²) in [7, 11) is 0. The van der Waals surface area contributed by atoms with Gasteiger partial charge in [0.05, 0.1) is 16.8 Å². The van der Waals surface area contributed by atoms with Crippen LogP contribution in [0.3, 0.4) is 0 Å². The van der Waals surface area contributed by atoms with Crippen LogP contribution in [0.1, 0.15) is 60.8 Å². The van der Waals surface area contributed by atoms with E-state index in [1.165, 1.54) is 6.20 Å². The van der Waals surface area contributed by atoms with Gasteiger partial charge in [0.25, 0.3) is 12.3 Å². The maximum Gasteiger partial charge on any atom is 0.281 e. The Bertz CT molecular complexity index is 1320. The Hall–Kier alpha value is -3.49. The van der Waals surface area contributed by atoms with Crippen molar-refractivity contribution in [3.8, 4) is 0 Å². The van der Waals surface area contributed by atoms with Crippen molar-refractivity contribution in [2.45, 2.75) is 57.5 Å². The number of hydrogen-bond donors (Lipinski definition) is 3. The lowest BCUT2D eigenvalue weighted by atomic mass is 9.80. The van der Waals surface area contributed by atoms with Crippen molar-refractivity contribution < 1.29 is 13.6 Å². The molecule has 1 fully saturated rings. The van der Waals surface area contributed by atoms with E-state index >= 15 is 0 Å². The first-order chi connectivity index (χ1) is 15.8. The largest absolute Gasteiger partial charge is 0.366 e. The second-order valence-corrected chi connectivity index (χ2v) is 9.08. The normalized spacial score (nSPS) is 21.1. The van der Waals surface area contributed by atoms with Crippen LogP contribution in [0.25, 0.3) is 16.6 Å². The van der Waals surface area contributed by atoms with Crippen molar-refractivity contribution >= 4 is 28.3 Å². The highest BCUT2D eigenvalue weighted by molar-refractivity contribution is 6.06. The zero-order valence-corrected chi connectivity index (χ0v) is 18.5. The number of aryl methyl sites for hydroxylation is 1. The lowest BCUT2D eigenvalue weighted by Gasteiger charge is -2.39. The summed E-state index contributed by atoms with van der Waals surface area (Å²) in [6.07, 6.45) is 2.07. The number of fused-ring (bicyclic) bond motifs is 2. The standard InChI is InChI=1S/C24H26F2N6O/c1-14-16-5-3-6-17(21(16)31-30-14)23(33)27-15-9-11-24(2,12-10-15)29-20-8-4-7-19-28-18(22(25)26)13-32(19)20/h3-8,13,15,22,29H,9-12H2,1-2H3,(H,27,33)(H,30,31). The molecule has 0 saturated heterocycles. The fourth-order valence-electron chi connectivity index (χ4n) is 4.70. The molecule has 3 heterocycles. The van der Waals surface area contributed by atoms with Crippen LogP contribution in [0.2, 0.25) is 0 Å². The van der Waals surface area contributed by atoms with E-state index in [1.807, 2.05) is 37.3 Å². The minimum Gasteiger partial charge on any atom is -0.366 e. The molecule has 0 atom stereocenters. The first-order valence-electron chi connectivity index (χ1n) is 11.1. The minimum atomic E-state index is -2.61. The Morgan fingerprint density at radius 2 is 1.97 bits per heavy atom. The van der Waals surface area contributed by atoms with Gasteiger partial charge in [-0.15, -0.1) is 0 Å². The van der Waals surface area contributed by atoms with E-state index in [0.717, 1.165) is 48.1 Å². The quantitative estimate of drug-likeness (QED) is 0.398. The minimum absolute atomic E-state index is 0.0705. The molecule has 1 aliphatic rings. The Kier molecular flexibility index (Phi) is 5.26. The number of aromatic amines is 1. The SMILES string of the molecule is Cc1n[nH]c2c(C(=O)NC3CCC(C)(Nc4cccc5nc(C(F)F)cn45)CC3)cccc12. The van der Waals surface area contributed by atoms with Crippen LogP contribution in [-0.4, -0.2) is 37.1 Å². The third-order valence-electron chi connectivity index (χ3n) is 6.62. The number of benzene rings is 1. The summed E-state index contributed by atoms with van der Waals surface area (Å²) in [5.74, 6) is 0.631. The first kappa shape index (κ1) is 21.4. The second kappa shape index (κ2) is 8.13. The molecule has 172 valence electrons. The van der Waals surface area contributed by atoms with Crippen LogP contribution in [0.15, 0.2) is 42.6 Å². The molecular weight excluding hydrogens is 426 g/mol. The predicted octanol–water partition coefficient (Wildman–Crippen LogP) is 5.00. The number of nitrogens with zero attached hydrogens (tertiary/aromatic N) is 3. The molecule has 0 unspecified atom stereocenters. The third-order valence-corrected chi connectivity index (χ3v) is 6.62. The van der Waals surface area contributed by atoms with E-state index in [-0.39, 0.29) is 23.2 Å². The van der Waals surface area contributed by atoms with Gasteiger partial charge in [-0.3, -0.25) is 14.3 Å². The molecule has 3 N–H and O–H groups in total. The second-order valence-electron chi connectivity index (χ2n) is 9.08. The highest BCUT2D eigenvalue weighted by Gasteiger charge is 2.32. The molecule has 9 heteroatoms. The number of carbonyl (C=O) groups excluding carboxylic acids is 1. The molecule has 1 saturated carbocycles. The van der Waals surface area contributed by atoms with Crippen molar-refractivity contribution in [1.29, 1.82) is 0 Å². The molecule has 1 aliphatic carbocycles. The Labute approximate surface area is 189 Å². The smallest absolute Gasteiger partial charge is 0.281 e. The summed E-state index contributed by atoms with van der Waals surface area (Å²) in [4.78, 5) is 16.9. The lowest BCUT2D eigenvalue weighted by Crippen LogP contribution is -2.46. The first-order valence-corrected chi connectivity index (χ1v) is 11.1. The van der Waals surface area contributed by atoms with E-state index in [1.54, 1.807) is 10.5 Å². The van der Waals surface area contributed by atoms with Gasteiger partial charge in [-0.05, 0) is 57.7 Å². The van der Waals surface area contributed by atoms with Crippen molar-refractivity contribution in [1.82, 2.24) is 24.9 Å². The number of halogens is 2. The van der Waals surface area contributed by atoms with Crippen LogP contribution in [0.5, 0.6) is 0 Å². The fraction of sp³-hybridized carbons (Fsp3) is 0.375. The van der Waals surface area contributed by atoms with Gasteiger partial charge >= 0.3 is 0 Å². The number of para-hydroxylation sites is 1. The molecule has 0 radical (unpaired) electrons. The van der Waals surface area contributed by atoms with E-state index in [9.17, 15) is 13.6 Å². The summed E-state index contributed by atoms with van der Waals surface area (Å²) >= 11 is 0. The lowest BCUT2D eigenvalue weighted by molar-refractivity contribution is 0.0922. The van der Waals surface area contributed by atoms with Gasteiger partial charge < -0.3 is 10.6 Å². The van der Waals surface area contributed by atoms with Crippen LogP contribution in [0, 0.1) is 6.92 Å². The summed E-state index contributed by atoms with van der Waals surface area (Å²) in [6, 6.07) is 11.1. The number of anilines is 1. The Balaban J connectivity index is 1.26. The fourth-order valence-corrected chi connectivity index (χ4v) is 4.70. The van der Waals surface area contributed by atoms with E-state index < -0.39 is 6.43 Å². The van der Waals surface area contributed by atoms with Gasteiger partial charge in [0.1, 0.15) is 17.2 Å². The van der Waals surface area contributed by atoms with Gasteiger partial charge in [-0.2, -0.15) is 5.10 Å². The number of nitrogens with one attached hydrogen (secondary N) is 3. The number of amides is 1. The zero-order chi connectivity index (χ0) is 23.2. The van der Waals surface area contributed by atoms with Crippen LogP contribution in [0.4, 0.5) is 14.6 Å². The zero-order valence-electron chi connectivity index (χ0n) is 18.5. The highest BCUT2D eigenvalue weighted by Crippen LogP contribution is 2.32. The number of rotatable bonds is 5. The molecule has 33 heavy (non-hydrogen) atoms. The molecule has 0 aliphatic heterocycles. The molecule has 0 bridgehead atoms. The maximum atomic E-state index is 13.1. The predicted molar refractivity (Wildman–Crippen MR) is 123 cm³/mol. The summed E-state index contributed by atoms with van der Waals surface area (Å²) in [6.45, 7) is 4.04. The van der Waals surface area contributed by atoms with Gasteiger partial charge in [0, 0.05) is 23.2 Å². The van der Waals surface area contributed by atoms with E-state index in [4.69, 9.17) is 0 Å². The van der Waals surface area contributed by atoms with Gasteiger partial charge in [0.2, 0.25) is 0 Å². The van der Waals surface area contributed by atoms with E-state index in [0.29, 0.717) is 11.2 Å². The van der Waals surface area contributed by atoms with Gasteiger partial charge in [-0.1, -0.05) is 18.2 Å². The average molecular weight is 453 g/mol. The van der Waals surface area contributed by atoms with Crippen LogP contribution in [-0.2, 0) is 0 Å². The van der Waals surface area contributed by atoms with Crippen molar-refractivity contribution in [3.63, 3.8) is 0 Å². The molecule has 4 aromatic rings. The van der Waals surface area contributed by atoms with Gasteiger partial charge in [0.15, 0.2) is 0 Å². The maximum absolute atomic E-state index is 13.1. The Morgan fingerprint density at radius 3 is 2.73 bits per heavy atom. The van der Waals surface area contributed by atoms with Crippen LogP contribution < -0.4 is 10.6 Å². The van der Waals surface area contributed by atoms with Gasteiger partial charge in [-0.25, -0.2) is 13.8 Å². The molecule has 1 aromatic carbocycles. The number of H-pyrrole nitrogens is 1. The number of hydrogen-bond acceptors (Lipinski definition) is 4. The molecule has 3 aromatic heterocycles. The molecule has 7 nitrogen and oxygen atoms in total. The van der Waals surface area contributed by atoms with Crippen molar-refractivity contribution in [2.24, 2.45) is 0 Å². The molecule has 0 spiro atoms. The summed E-state index contributed by atoms with van der Waals surface area (Å²) < 4.78 is 27.9. The average Bonchev–Trinajstić information content (AvgIpc) is 3.40. The van der Waals surface area contributed by atoms with E-state index in [2.05, 4.69) is 32.7 Å². The number of aromatic nitrogens is 4.